The Morgan fingerprint density at radius 2 is 2.08 bits per heavy atom. The highest BCUT2D eigenvalue weighted by atomic mass is 16.5. The zero-order valence-corrected chi connectivity index (χ0v) is 7.18. The molecule has 0 spiro atoms. The zero-order chi connectivity index (χ0) is 8.67. The van der Waals surface area contributed by atoms with E-state index in [0.29, 0.717) is 6.04 Å². The highest BCUT2D eigenvalue weighted by molar-refractivity contribution is 5.71. The van der Waals surface area contributed by atoms with Crippen LogP contribution in [-0.2, 0) is 0 Å². The van der Waals surface area contributed by atoms with Gasteiger partial charge in [-0.1, -0.05) is 18.2 Å². The molecule has 3 rings (SSSR count). The molecular weight excluding hydrogens is 162 g/mol. The normalized spacial score (nSPS) is 23.2. The van der Waals surface area contributed by atoms with Gasteiger partial charge in [-0.05, 0) is 12.1 Å². The molecule has 13 heavy (non-hydrogen) atoms. The highest BCUT2D eigenvalue weighted by Gasteiger charge is 2.48. The second-order valence-corrected chi connectivity index (χ2v) is 3.35. The van der Waals surface area contributed by atoms with E-state index in [4.69, 9.17) is 4.74 Å². The predicted octanol–water partition coefficient (Wildman–Crippen LogP) is 1.43. The first-order chi connectivity index (χ1) is 6.43. The molecule has 1 atom stereocenters. The second kappa shape index (κ2) is 2.46. The maximum Gasteiger partial charge on any atom is 0.268 e. The summed E-state index contributed by atoms with van der Waals surface area (Å²) in [6.07, 6.45) is 4.13. The summed E-state index contributed by atoms with van der Waals surface area (Å²) < 4.78 is 7.97. The van der Waals surface area contributed by atoms with Crippen LogP contribution in [0.4, 0.5) is 0 Å². The molecule has 1 fully saturated rings. The van der Waals surface area contributed by atoms with E-state index >= 15 is 0 Å². The Morgan fingerprint density at radius 3 is 2.69 bits per heavy atom. The smallest absolute Gasteiger partial charge is 0.268 e. The molecule has 1 aromatic rings. The summed E-state index contributed by atoms with van der Waals surface area (Å²) in [6.45, 7) is 1.12. The molecule has 2 aliphatic heterocycles. The zero-order valence-electron chi connectivity index (χ0n) is 7.18. The standard InChI is InChI=1S/C11H10NO/c1-2-4-9(5-3-1)13-11-6-7-12-8-10(11)12/h1-7,10H,8H2/q+1. The molecule has 0 N–H and O–H groups in total. The summed E-state index contributed by atoms with van der Waals surface area (Å²) in [5.74, 6) is 2.00. The molecule has 1 saturated heterocycles. The minimum Gasteiger partial charge on any atom is -0.454 e. The number of ether oxygens (including phenoxy) is 1. The van der Waals surface area contributed by atoms with Gasteiger partial charge in [-0.2, -0.15) is 0 Å². The van der Waals surface area contributed by atoms with Gasteiger partial charge in [-0.25, -0.2) is 4.58 Å². The Morgan fingerprint density at radius 1 is 1.23 bits per heavy atom. The molecule has 0 amide bonds. The third kappa shape index (κ3) is 1.15. The van der Waals surface area contributed by atoms with Gasteiger partial charge in [0.15, 0.2) is 12.0 Å². The van der Waals surface area contributed by atoms with Gasteiger partial charge in [0.2, 0.25) is 6.54 Å². The summed E-state index contributed by atoms with van der Waals surface area (Å²) in [6, 6.07) is 10.4. The van der Waals surface area contributed by atoms with Crippen LogP contribution in [0.25, 0.3) is 0 Å². The monoisotopic (exact) mass is 172 g/mol. The Kier molecular flexibility index (Phi) is 1.30. The van der Waals surface area contributed by atoms with Crippen LogP contribution in [0, 0.1) is 0 Å². The SMILES string of the molecule is C1=C(Oc2ccccc2)C2C[N+]2=C1. The molecule has 0 bridgehead atoms. The Labute approximate surface area is 76.8 Å². The lowest BCUT2D eigenvalue weighted by molar-refractivity contribution is -0.346. The molecule has 0 radical (unpaired) electrons. The predicted molar refractivity (Wildman–Crippen MR) is 50.1 cm³/mol. The number of benzene rings is 1. The summed E-state index contributed by atoms with van der Waals surface area (Å²) >= 11 is 0. The molecule has 0 aromatic heterocycles. The van der Waals surface area contributed by atoms with Crippen molar-refractivity contribution in [3.05, 3.63) is 42.2 Å². The van der Waals surface area contributed by atoms with Gasteiger partial charge >= 0.3 is 0 Å². The summed E-state index contributed by atoms with van der Waals surface area (Å²) in [5.41, 5.74) is 0. The van der Waals surface area contributed by atoms with Crippen molar-refractivity contribution in [1.29, 1.82) is 0 Å². The van der Waals surface area contributed by atoms with Crippen LogP contribution in [0.2, 0.25) is 0 Å². The maximum atomic E-state index is 5.72. The van der Waals surface area contributed by atoms with Crippen LogP contribution < -0.4 is 4.74 Å². The van der Waals surface area contributed by atoms with Crippen molar-refractivity contribution in [1.82, 2.24) is 0 Å². The fourth-order valence-corrected chi connectivity index (χ4v) is 1.58. The Hall–Kier alpha value is -1.57. The fraction of sp³-hybridized carbons (Fsp3) is 0.182. The Bertz CT molecular complexity index is 392. The number of para-hydroxylation sites is 1. The van der Waals surface area contributed by atoms with E-state index in [1.54, 1.807) is 0 Å². The van der Waals surface area contributed by atoms with E-state index < -0.39 is 0 Å². The molecule has 2 nitrogen and oxygen atoms in total. The average molecular weight is 172 g/mol. The second-order valence-electron chi connectivity index (χ2n) is 3.35. The van der Waals surface area contributed by atoms with Gasteiger partial charge in [0.25, 0.3) is 6.04 Å². The van der Waals surface area contributed by atoms with E-state index in [-0.39, 0.29) is 0 Å². The first-order valence-electron chi connectivity index (χ1n) is 4.47. The fourth-order valence-electron chi connectivity index (χ4n) is 1.58. The molecule has 1 unspecified atom stereocenters. The lowest BCUT2D eigenvalue weighted by Gasteiger charge is -2.02. The van der Waals surface area contributed by atoms with Gasteiger partial charge < -0.3 is 4.74 Å². The molecule has 0 saturated carbocycles. The van der Waals surface area contributed by atoms with E-state index in [0.717, 1.165) is 18.1 Å². The highest BCUT2D eigenvalue weighted by Crippen LogP contribution is 2.26. The maximum absolute atomic E-state index is 5.72. The number of hydrogen-bond acceptors (Lipinski definition) is 1. The first-order valence-corrected chi connectivity index (χ1v) is 4.47. The number of hydrogen-bond donors (Lipinski definition) is 0. The van der Waals surface area contributed by atoms with Crippen LogP contribution in [0.3, 0.4) is 0 Å². The van der Waals surface area contributed by atoms with Gasteiger partial charge in [0.05, 0.1) is 0 Å². The summed E-state index contributed by atoms with van der Waals surface area (Å²) in [7, 11) is 0. The number of nitrogens with zero attached hydrogens (tertiary/aromatic N) is 1. The van der Waals surface area contributed by atoms with Crippen molar-refractivity contribution in [3.8, 4) is 5.75 Å². The molecular formula is C11H10NO+. The van der Waals surface area contributed by atoms with Crippen molar-refractivity contribution in [2.24, 2.45) is 0 Å². The van der Waals surface area contributed by atoms with Crippen molar-refractivity contribution < 1.29 is 9.31 Å². The van der Waals surface area contributed by atoms with Crippen LogP contribution in [-0.4, -0.2) is 23.4 Å². The topological polar surface area (TPSA) is 12.2 Å². The van der Waals surface area contributed by atoms with Crippen molar-refractivity contribution in [2.75, 3.05) is 6.54 Å². The van der Waals surface area contributed by atoms with Crippen LogP contribution >= 0.6 is 0 Å². The van der Waals surface area contributed by atoms with Gasteiger partial charge in [-0.3, -0.25) is 0 Å². The van der Waals surface area contributed by atoms with Crippen molar-refractivity contribution >= 4 is 6.21 Å². The summed E-state index contributed by atoms with van der Waals surface area (Å²) in [5, 5.41) is 0. The average Bonchev–Trinajstić information content (AvgIpc) is 2.86. The lowest BCUT2D eigenvalue weighted by atomic mass is 10.3. The van der Waals surface area contributed by atoms with Gasteiger partial charge in [0.1, 0.15) is 5.75 Å². The minimum atomic E-state index is 0.528. The molecule has 64 valence electrons. The van der Waals surface area contributed by atoms with Gasteiger partial charge in [-0.15, -0.1) is 0 Å². The number of allylic oxidation sites excluding steroid dienone is 1. The molecule has 2 aliphatic rings. The quantitative estimate of drug-likeness (QED) is 0.485. The van der Waals surface area contributed by atoms with Crippen LogP contribution in [0.1, 0.15) is 0 Å². The lowest BCUT2D eigenvalue weighted by Crippen LogP contribution is -2.00. The van der Waals surface area contributed by atoms with E-state index in [1.165, 1.54) is 0 Å². The molecule has 1 aromatic carbocycles. The van der Waals surface area contributed by atoms with Crippen LogP contribution in [0.15, 0.2) is 42.2 Å². The minimum absolute atomic E-state index is 0.528. The van der Waals surface area contributed by atoms with Gasteiger partial charge in [0, 0.05) is 6.08 Å². The third-order valence-electron chi connectivity index (χ3n) is 2.39. The largest absolute Gasteiger partial charge is 0.454 e. The molecule has 2 heteroatoms. The number of fused-ring (bicyclic) bond motifs is 1. The van der Waals surface area contributed by atoms with Crippen molar-refractivity contribution in [3.63, 3.8) is 0 Å². The Balaban J connectivity index is 1.77. The van der Waals surface area contributed by atoms with E-state index in [1.807, 2.05) is 36.4 Å². The number of rotatable bonds is 2. The van der Waals surface area contributed by atoms with Crippen molar-refractivity contribution in [2.45, 2.75) is 6.04 Å². The van der Waals surface area contributed by atoms with E-state index in [2.05, 4.69) is 10.8 Å². The van der Waals surface area contributed by atoms with Crippen LogP contribution in [0.5, 0.6) is 5.75 Å². The third-order valence-corrected chi connectivity index (χ3v) is 2.39. The molecule has 2 heterocycles. The summed E-state index contributed by atoms with van der Waals surface area (Å²) in [4.78, 5) is 0. The molecule has 0 aliphatic carbocycles. The first kappa shape index (κ1) is 6.89. The van der Waals surface area contributed by atoms with E-state index in [9.17, 15) is 0 Å².